The van der Waals surface area contributed by atoms with Crippen LogP contribution in [-0.4, -0.2) is 8.07 Å². The number of hydrogen-bond donors (Lipinski definition) is 0. The molecule has 1 unspecified atom stereocenters. The molecule has 20 heavy (non-hydrogen) atoms. The van der Waals surface area contributed by atoms with Crippen molar-refractivity contribution >= 4 is 13.6 Å². The van der Waals surface area contributed by atoms with Crippen molar-refractivity contribution in [3.8, 4) is 0 Å². The first-order chi connectivity index (χ1) is 9.43. The summed E-state index contributed by atoms with van der Waals surface area (Å²) >= 11 is 0. The highest BCUT2D eigenvalue weighted by Crippen LogP contribution is 2.40. The SMILES string of the molecule is C=CC1CCCCC([Si](C)(C)C)=C1c1ccc(C)cc1. The second-order valence-electron chi connectivity index (χ2n) is 7.10. The lowest BCUT2D eigenvalue weighted by Crippen LogP contribution is -2.26. The molecule has 0 N–H and O–H groups in total. The van der Waals surface area contributed by atoms with Gasteiger partial charge in [-0.05, 0) is 37.3 Å². The lowest BCUT2D eigenvalue weighted by Gasteiger charge is -2.27. The van der Waals surface area contributed by atoms with Gasteiger partial charge in [-0.2, -0.15) is 0 Å². The van der Waals surface area contributed by atoms with Crippen LogP contribution in [0.1, 0.15) is 36.8 Å². The van der Waals surface area contributed by atoms with Gasteiger partial charge >= 0.3 is 0 Å². The summed E-state index contributed by atoms with van der Waals surface area (Å²) in [4.78, 5) is 0. The van der Waals surface area contributed by atoms with Gasteiger partial charge in [0.1, 0.15) is 0 Å². The van der Waals surface area contributed by atoms with Crippen LogP contribution in [0.3, 0.4) is 0 Å². The Morgan fingerprint density at radius 1 is 1.10 bits per heavy atom. The van der Waals surface area contributed by atoms with Gasteiger partial charge in [0.25, 0.3) is 0 Å². The van der Waals surface area contributed by atoms with E-state index in [4.69, 9.17) is 0 Å². The van der Waals surface area contributed by atoms with Crippen molar-refractivity contribution in [2.75, 3.05) is 0 Å². The van der Waals surface area contributed by atoms with E-state index in [1.54, 1.807) is 10.8 Å². The fourth-order valence-corrected chi connectivity index (χ4v) is 5.37. The second kappa shape index (κ2) is 6.13. The minimum Gasteiger partial charge on any atom is -0.102 e. The van der Waals surface area contributed by atoms with Crippen molar-refractivity contribution in [1.82, 2.24) is 0 Å². The molecule has 0 saturated carbocycles. The average molecular weight is 285 g/mol. The van der Waals surface area contributed by atoms with Gasteiger partial charge < -0.3 is 0 Å². The first-order valence-corrected chi connectivity index (χ1v) is 11.4. The van der Waals surface area contributed by atoms with Crippen LogP contribution in [-0.2, 0) is 0 Å². The van der Waals surface area contributed by atoms with E-state index in [-0.39, 0.29) is 0 Å². The van der Waals surface area contributed by atoms with E-state index < -0.39 is 8.07 Å². The standard InChI is InChI=1S/C19H28Si/c1-6-16-9-7-8-10-18(20(3,4)5)19(16)17-13-11-15(2)12-14-17/h6,11-14,16H,1,7-10H2,2-5H3. The predicted molar refractivity (Wildman–Crippen MR) is 93.6 cm³/mol. The molecular formula is C19H28Si. The number of allylic oxidation sites excluding steroid dienone is 3. The third-order valence-electron chi connectivity index (χ3n) is 4.44. The Labute approximate surface area is 125 Å². The molecule has 0 amide bonds. The number of benzene rings is 1. The molecule has 0 fully saturated rings. The fourth-order valence-electron chi connectivity index (χ4n) is 3.30. The summed E-state index contributed by atoms with van der Waals surface area (Å²) in [7, 11) is -1.27. The summed E-state index contributed by atoms with van der Waals surface area (Å²) in [6.07, 6.45) is 7.42. The zero-order valence-electron chi connectivity index (χ0n) is 13.5. The Kier molecular flexibility index (Phi) is 4.69. The van der Waals surface area contributed by atoms with Gasteiger partial charge in [0.05, 0.1) is 8.07 Å². The van der Waals surface area contributed by atoms with Gasteiger partial charge in [0.15, 0.2) is 0 Å². The van der Waals surface area contributed by atoms with Gasteiger partial charge in [0, 0.05) is 5.92 Å². The molecule has 1 heteroatoms. The zero-order valence-corrected chi connectivity index (χ0v) is 14.5. The quantitative estimate of drug-likeness (QED) is 0.471. The molecule has 0 heterocycles. The lowest BCUT2D eigenvalue weighted by atomic mass is 9.89. The lowest BCUT2D eigenvalue weighted by molar-refractivity contribution is 0.653. The van der Waals surface area contributed by atoms with Gasteiger partial charge in [-0.15, -0.1) is 6.58 Å². The van der Waals surface area contributed by atoms with E-state index in [1.165, 1.54) is 36.8 Å². The van der Waals surface area contributed by atoms with E-state index in [0.717, 1.165) is 0 Å². The van der Waals surface area contributed by atoms with Crippen molar-refractivity contribution < 1.29 is 0 Å². The largest absolute Gasteiger partial charge is 0.102 e. The smallest absolute Gasteiger partial charge is 0.0728 e. The van der Waals surface area contributed by atoms with Crippen molar-refractivity contribution in [2.24, 2.45) is 5.92 Å². The minimum absolute atomic E-state index is 0.543. The third-order valence-corrected chi connectivity index (χ3v) is 6.77. The van der Waals surface area contributed by atoms with Gasteiger partial charge in [-0.25, -0.2) is 0 Å². The Morgan fingerprint density at radius 3 is 2.30 bits per heavy atom. The normalized spacial score (nSPS) is 20.7. The molecule has 2 rings (SSSR count). The van der Waals surface area contributed by atoms with E-state index >= 15 is 0 Å². The summed E-state index contributed by atoms with van der Waals surface area (Å²) in [6, 6.07) is 9.11. The van der Waals surface area contributed by atoms with E-state index in [0.29, 0.717) is 5.92 Å². The summed E-state index contributed by atoms with van der Waals surface area (Å²) in [5.41, 5.74) is 4.38. The van der Waals surface area contributed by atoms with Crippen LogP contribution in [0.25, 0.3) is 5.57 Å². The molecule has 1 aromatic rings. The van der Waals surface area contributed by atoms with E-state index in [9.17, 15) is 0 Å². The molecule has 0 nitrogen and oxygen atoms in total. The molecule has 0 aliphatic heterocycles. The second-order valence-corrected chi connectivity index (χ2v) is 12.2. The third kappa shape index (κ3) is 3.32. The van der Waals surface area contributed by atoms with Crippen LogP contribution < -0.4 is 0 Å². The monoisotopic (exact) mass is 284 g/mol. The number of rotatable bonds is 3. The summed E-state index contributed by atoms with van der Waals surface area (Å²) < 4.78 is 0. The van der Waals surface area contributed by atoms with Crippen molar-refractivity contribution in [2.45, 2.75) is 52.2 Å². The van der Waals surface area contributed by atoms with Crippen LogP contribution in [0.4, 0.5) is 0 Å². The van der Waals surface area contributed by atoms with E-state index in [2.05, 4.69) is 63.5 Å². The Hall–Kier alpha value is -1.08. The predicted octanol–water partition coefficient (Wildman–Crippen LogP) is 6.00. The van der Waals surface area contributed by atoms with Gasteiger partial charge in [-0.3, -0.25) is 0 Å². The van der Waals surface area contributed by atoms with Crippen molar-refractivity contribution in [1.29, 1.82) is 0 Å². The van der Waals surface area contributed by atoms with Gasteiger partial charge in [0.2, 0.25) is 0 Å². The Morgan fingerprint density at radius 2 is 1.75 bits per heavy atom. The van der Waals surface area contributed by atoms with Crippen molar-refractivity contribution in [3.05, 3.63) is 53.2 Å². The molecule has 1 aromatic carbocycles. The topological polar surface area (TPSA) is 0 Å². The van der Waals surface area contributed by atoms with Crippen LogP contribution in [0.15, 0.2) is 42.1 Å². The van der Waals surface area contributed by atoms with Crippen LogP contribution in [0.2, 0.25) is 19.6 Å². The first kappa shape index (κ1) is 15.3. The van der Waals surface area contributed by atoms with Crippen LogP contribution in [0.5, 0.6) is 0 Å². The fraction of sp³-hybridized carbons (Fsp3) is 0.474. The molecule has 1 atom stereocenters. The molecule has 108 valence electrons. The first-order valence-electron chi connectivity index (χ1n) is 7.86. The molecule has 0 bridgehead atoms. The van der Waals surface area contributed by atoms with Crippen LogP contribution >= 0.6 is 0 Å². The average Bonchev–Trinajstić information content (AvgIpc) is 2.61. The summed E-state index contributed by atoms with van der Waals surface area (Å²) in [5.74, 6) is 0.543. The molecule has 0 radical (unpaired) electrons. The Balaban J connectivity index is 2.60. The van der Waals surface area contributed by atoms with Crippen molar-refractivity contribution in [3.63, 3.8) is 0 Å². The molecule has 0 aromatic heterocycles. The molecular weight excluding hydrogens is 256 g/mol. The molecule has 0 spiro atoms. The summed E-state index contributed by atoms with van der Waals surface area (Å²) in [5, 5.41) is 1.77. The molecule has 0 saturated heterocycles. The summed E-state index contributed by atoms with van der Waals surface area (Å²) in [6.45, 7) is 13.7. The highest BCUT2D eigenvalue weighted by Gasteiger charge is 2.28. The number of hydrogen-bond acceptors (Lipinski definition) is 0. The highest BCUT2D eigenvalue weighted by atomic mass is 28.3. The molecule has 1 aliphatic rings. The maximum Gasteiger partial charge on any atom is 0.0728 e. The maximum atomic E-state index is 4.12. The molecule has 1 aliphatic carbocycles. The van der Waals surface area contributed by atoms with Gasteiger partial charge in [-0.1, -0.05) is 67.2 Å². The highest BCUT2D eigenvalue weighted by molar-refractivity contribution is 6.84. The Bertz CT molecular complexity index is 500. The zero-order chi connectivity index (χ0) is 14.8. The number of aryl methyl sites for hydroxylation is 1. The van der Waals surface area contributed by atoms with Crippen LogP contribution in [0, 0.1) is 12.8 Å². The minimum atomic E-state index is -1.27. The van der Waals surface area contributed by atoms with E-state index in [1.807, 2.05) is 0 Å². The maximum absolute atomic E-state index is 4.12.